The molecule has 1 aromatic rings. The monoisotopic (exact) mass is 380 g/mol. The van der Waals surface area contributed by atoms with Crippen LogP contribution in [0.25, 0.3) is 0 Å². The molecular formula is C18H18Cl2N2O3. The van der Waals surface area contributed by atoms with E-state index >= 15 is 0 Å². The van der Waals surface area contributed by atoms with E-state index < -0.39 is 11.9 Å². The van der Waals surface area contributed by atoms with Crippen LogP contribution in [0, 0.1) is 0 Å². The maximum absolute atomic E-state index is 11.9. The Labute approximate surface area is 156 Å². The number of dihydropyridines is 1. The van der Waals surface area contributed by atoms with E-state index in [0.717, 1.165) is 5.70 Å². The molecule has 1 heterocycles. The van der Waals surface area contributed by atoms with Crippen molar-refractivity contribution in [2.45, 2.75) is 19.8 Å². The second-order valence-corrected chi connectivity index (χ2v) is 6.23. The molecule has 2 rings (SSSR count). The highest BCUT2D eigenvalue weighted by Crippen LogP contribution is 2.42. The molecule has 25 heavy (non-hydrogen) atoms. The maximum atomic E-state index is 11.9. The van der Waals surface area contributed by atoms with E-state index in [-0.39, 0.29) is 12.2 Å². The van der Waals surface area contributed by atoms with Crippen LogP contribution < -0.4 is 5.32 Å². The van der Waals surface area contributed by atoms with Crippen molar-refractivity contribution >= 4 is 35.4 Å². The number of carboxylic acids is 1. The molecule has 0 spiro atoms. The molecule has 132 valence electrons. The first-order valence-electron chi connectivity index (χ1n) is 7.50. The topological polar surface area (TPSA) is 70.9 Å². The van der Waals surface area contributed by atoms with Crippen LogP contribution in [0.15, 0.2) is 58.6 Å². The van der Waals surface area contributed by atoms with Crippen LogP contribution in [0.1, 0.15) is 25.3 Å². The maximum Gasteiger partial charge on any atom is 0.334 e. The molecule has 1 unspecified atom stereocenters. The van der Waals surface area contributed by atoms with Gasteiger partial charge >= 0.3 is 5.97 Å². The third kappa shape index (κ3) is 4.06. The van der Waals surface area contributed by atoms with Crippen molar-refractivity contribution in [1.29, 1.82) is 0 Å². The van der Waals surface area contributed by atoms with Gasteiger partial charge in [0, 0.05) is 22.9 Å². The Morgan fingerprint density at radius 2 is 2.12 bits per heavy atom. The third-order valence-corrected chi connectivity index (χ3v) is 4.63. The number of nitrogens with one attached hydrogen (secondary N) is 1. The molecular weight excluding hydrogens is 363 g/mol. The molecule has 0 saturated heterocycles. The normalized spacial score (nSPS) is 17.7. The molecule has 1 aliphatic heterocycles. The molecule has 1 atom stereocenters. The quantitative estimate of drug-likeness (QED) is 0.329. The summed E-state index contributed by atoms with van der Waals surface area (Å²) in [5, 5.41) is 17.4. The summed E-state index contributed by atoms with van der Waals surface area (Å²) >= 11 is 12.5. The molecule has 2 N–H and O–H groups in total. The number of hydrogen-bond acceptors (Lipinski definition) is 4. The number of benzene rings is 1. The van der Waals surface area contributed by atoms with Gasteiger partial charge in [-0.15, -0.1) is 0 Å². The summed E-state index contributed by atoms with van der Waals surface area (Å²) in [6.45, 7) is 7.34. The van der Waals surface area contributed by atoms with Crippen LogP contribution in [0.5, 0.6) is 0 Å². The van der Waals surface area contributed by atoms with Crippen LogP contribution >= 0.6 is 23.2 Å². The minimum absolute atomic E-state index is 0.180. The second-order valence-electron chi connectivity index (χ2n) is 5.44. The summed E-state index contributed by atoms with van der Waals surface area (Å²) in [6.07, 6.45) is 3.05. The lowest BCUT2D eigenvalue weighted by Gasteiger charge is -2.29. The molecule has 5 nitrogen and oxygen atoms in total. The molecule has 0 aliphatic carbocycles. The van der Waals surface area contributed by atoms with Gasteiger partial charge in [-0.1, -0.05) is 53.1 Å². The first-order chi connectivity index (χ1) is 11.9. The smallest absolute Gasteiger partial charge is 0.334 e. The number of carboxylic acid groups (broad SMARTS) is 1. The number of carbonyl (C=O) groups is 1. The number of nitrogens with zero attached hydrogens (tertiary/aromatic N) is 1. The van der Waals surface area contributed by atoms with E-state index in [1.54, 1.807) is 31.2 Å². The van der Waals surface area contributed by atoms with Crippen LogP contribution in [0.2, 0.25) is 10.0 Å². The van der Waals surface area contributed by atoms with E-state index in [0.29, 0.717) is 26.9 Å². The zero-order chi connectivity index (χ0) is 18.6. The molecule has 1 aliphatic rings. The first-order valence-corrected chi connectivity index (χ1v) is 8.26. The molecule has 1 aromatic carbocycles. The molecule has 0 bridgehead atoms. The SMILES string of the molecule is C=CCO/N=C/C1=C(C)NC(C)=C(C(=O)O)C1c1cccc(Cl)c1Cl. The Balaban J connectivity index is 2.61. The van der Waals surface area contributed by atoms with Gasteiger partial charge < -0.3 is 15.3 Å². The number of oxime groups is 1. The minimum Gasteiger partial charge on any atom is -0.478 e. The number of hydrogen-bond donors (Lipinski definition) is 2. The van der Waals surface area contributed by atoms with Gasteiger partial charge in [0.15, 0.2) is 0 Å². The molecule has 0 amide bonds. The van der Waals surface area contributed by atoms with Crippen molar-refractivity contribution in [2.75, 3.05) is 6.61 Å². The van der Waals surface area contributed by atoms with E-state index in [1.807, 2.05) is 6.92 Å². The number of allylic oxidation sites excluding steroid dienone is 3. The lowest BCUT2D eigenvalue weighted by molar-refractivity contribution is -0.133. The van der Waals surface area contributed by atoms with Crippen LogP contribution in [0.3, 0.4) is 0 Å². The van der Waals surface area contributed by atoms with Gasteiger partial charge in [-0.3, -0.25) is 0 Å². The standard InChI is InChI=1S/C18H18Cl2N2O3/c1-4-8-25-21-9-13-10(2)22-11(3)15(18(23)24)16(13)12-6-5-7-14(19)17(12)20/h4-7,9,16,22H,1,8H2,2-3H3,(H,23,24)/b21-9+. The Bertz CT molecular complexity index is 798. The predicted molar refractivity (Wildman–Crippen MR) is 100 cm³/mol. The van der Waals surface area contributed by atoms with E-state index in [1.165, 1.54) is 6.21 Å². The van der Waals surface area contributed by atoms with Gasteiger partial charge in [-0.25, -0.2) is 4.79 Å². The van der Waals surface area contributed by atoms with Gasteiger partial charge in [0.25, 0.3) is 0 Å². The lowest BCUT2D eigenvalue weighted by Crippen LogP contribution is -2.28. The average Bonchev–Trinajstić information content (AvgIpc) is 2.55. The van der Waals surface area contributed by atoms with Crippen molar-refractivity contribution in [3.63, 3.8) is 0 Å². The number of halogens is 2. The zero-order valence-corrected chi connectivity index (χ0v) is 15.4. The molecule has 7 heteroatoms. The summed E-state index contributed by atoms with van der Waals surface area (Å²) in [5.74, 6) is -1.67. The Hall–Kier alpha value is -2.24. The first kappa shape index (κ1) is 19.1. The van der Waals surface area contributed by atoms with Crippen molar-refractivity contribution in [1.82, 2.24) is 5.32 Å². The van der Waals surface area contributed by atoms with Crippen molar-refractivity contribution < 1.29 is 14.7 Å². The van der Waals surface area contributed by atoms with Crippen LogP contribution in [-0.2, 0) is 9.63 Å². The summed E-state index contributed by atoms with van der Waals surface area (Å²) in [4.78, 5) is 16.9. The zero-order valence-electron chi connectivity index (χ0n) is 13.8. The molecule has 0 saturated carbocycles. The predicted octanol–water partition coefficient (Wildman–Crippen LogP) is 4.50. The molecule has 0 radical (unpaired) electrons. The van der Waals surface area contributed by atoms with E-state index in [4.69, 9.17) is 28.0 Å². The van der Waals surface area contributed by atoms with E-state index in [2.05, 4.69) is 17.1 Å². The number of aliphatic carboxylic acids is 1. The molecule has 0 fully saturated rings. The highest BCUT2D eigenvalue weighted by atomic mass is 35.5. The van der Waals surface area contributed by atoms with Crippen molar-refractivity contribution in [2.24, 2.45) is 5.16 Å². The fourth-order valence-corrected chi connectivity index (χ4v) is 3.14. The van der Waals surface area contributed by atoms with Gasteiger partial charge in [0.05, 0.1) is 21.8 Å². The minimum atomic E-state index is -1.04. The fourth-order valence-electron chi connectivity index (χ4n) is 2.72. The average molecular weight is 381 g/mol. The highest BCUT2D eigenvalue weighted by molar-refractivity contribution is 6.42. The van der Waals surface area contributed by atoms with Gasteiger partial charge in [-0.05, 0) is 25.5 Å². The van der Waals surface area contributed by atoms with Crippen LogP contribution in [0.4, 0.5) is 0 Å². The number of rotatable bonds is 6. The summed E-state index contributed by atoms with van der Waals surface area (Å²) in [7, 11) is 0. The second kappa shape index (κ2) is 8.23. The van der Waals surface area contributed by atoms with Crippen molar-refractivity contribution in [3.05, 3.63) is 69.0 Å². The van der Waals surface area contributed by atoms with Gasteiger partial charge in [0.2, 0.25) is 0 Å². The van der Waals surface area contributed by atoms with E-state index in [9.17, 15) is 9.90 Å². The van der Waals surface area contributed by atoms with Gasteiger partial charge in [-0.2, -0.15) is 0 Å². The van der Waals surface area contributed by atoms with Crippen LogP contribution in [-0.4, -0.2) is 23.9 Å². The Morgan fingerprint density at radius 3 is 2.76 bits per heavy atom. The largest absolute Gasteiger partial charge is 0.478 e. The summed E-state index contributed by atoms with van der Waals surface area (Å²) in [6, 6.07) is 5.15. The molecule has 0 aromatic heterocycles. The Morgan fingerprint density at radius 1 is 1.40 bits per heavy atom. The third-order valence-electron chi connectivity index (χ3n) is 3.79. The van der Waals surface area contributed by atoms with Gasteiger partial charge in [0.1, 0.15) is 6.61 Å². The fraction of sp³-hybridized carbons (Fsp3) is 0.222. The summed E-state index contributed by atoms with van der Waals surface area (Å²) < 4.78 is 0. The highest BCUT2D eigenvalue weighted by Gasteiger charge is 2.34. The lowest BCUT2D eigenvalue weighted by atomic mass is 9.81. The Kier molecular flexibility index (Phi) is 6.28. The summed E-state index contributed by atoms with van der Waals surface area (Å²) in [5.41, 5.74) is 2.71. The van der Waals surface area contributed by atoms with Crippen molar-refractivity contribution in [3.8, 4) is 0 Å².